The van der Waals surface area contributed by atoms with Crippen LogP contribution in [0.1, 0.15) is 0 Å². The van der Waals surface area contributed by atoms with Crippen LogP contribution in [0.4, 0.5) is 10.8 Å². The third-order valence-electron chi connectivity index (χ3n) is 3.67. The van der Waals surface area contributed by atoms with Crippen LogP contribution in [-0.4, -0.2) is 38.7 Å². The van der Waals surface area contributed by atoms with Gasteiger partial charge in [-0.05, 0) is 24.3 Å². The molecule has 0 atom stereocenters. The monoisotopic (exact) mass is 357 g/mol. The Morgan fingerprint density at radius 2 is 2.00 bits per heavy atom. The normalized spacial score (nSPS) is 10.5. The third kappa shape index (κ3) is 3.83. The van der Waals surface area contributed by atoms with Crippen molar-refractivity contribution in [2.45, 2.75) is 0 Å². The van der Waals surface area contributed by atoms with Crippen molar-refractivity contribution in [2.75, 3.05) is 38.0 Å². The number of carbonyl (C=O) groups excluding carboxylic acids is 1. The molecule has 2 aromatic carbocycles. The van der Waals surface area contributed by atoms with Crippen LogP contribution in [-0.2, 0) is 4.79 Å². The highest BCUT2D eigenvalue weighted by Gasteiger charge is 2.14. The van der Waals surface area contributed by atoms with Crippen LogP contribution in [0, 0.1) is 0 Å². The van der Waals surface area contributed by atoms with Gasteiger partial charge in [-0.1, -0.05) is 23.5 Å². The minimum atomic E-state index is -0.148. The van der Waals surface area contributed by atoms with Gasteiger partial charge in [0.15, 0.2) is 5.13 Å². The average Bonchev–Trinajstić information content (AvgIpc) is 3.06. The van der Waals surface area contributed by atoms with E-state index in [1.807, 2.05) is 36.2 Å². The van der Waals surface area contributed by atoms with E-state index in [0.717, 1.165) is 15.3 Å². The van der Waals surface area contributed by atoms with Crippen LogP contribution in [0.15, 0.2) is 42.5 Å². The molecule has 0 unspecified atom stereocenters. The van der Waals surface area contributed by atoms with Gasteiger partial charge in [0.05, 0.1) is 36.7 Å². The number of ether oxygens (including phenoxy) is 2. The summed E-state index contributed by atoms with van der Waals surface area (Å²) in [7, 11) is 4.99. The highest BCUT2D eigenvalue weighted by molar-refractivity contribution is 7.22. The number of thiazole rings is 1. The number of benzene rings is 2. The molecule has 0 aliphatic rings. The summed E-state index contributed by atoms with van der Waals surface area (Å²) in [6.07, 6.45) is 0. The quantitative estimate of drug-likeness (QED) is 0.733. The zero-order valence-corrected chi connectivity index (χ0v) is 15.1. The first-order chi connectivity index (χ1) is 12.1. The largest absolute Gasteiger partial charge is 0.497 e. The molecule has 6 nitrogen and oxygen atoms in total. The first kappa shape index (κ1) is 17.0. The summed E-state index contributed by atoms with van der Waals surface area (Å²) in [6, 6.07) is 13.2. The number of nitrogens with zero attached hydrogens (tertiary/aromatic N) is 2. The van der Waals surface area contributed by atoms with Gasteiger partial charge in [0.25, 0.3) is 0 Å². The number of para-hydroxylation sites is 1. The Bertz CT molecular complexity index is 861. The molecule has 0 radical (unpaired) electrons. The fourth-order valence-electron chi connectivity index (χ4n) is 2.40. The molecule has 1 aromatic heterocycles. The molecule has 1 amide bonds. The predicted octanol–water partition coefficient (Wildman–Crippen LogP) is 3.39. The number of hydrogen-bond acceptors (Lipinski definition) is 6. The number of carbonyl (C=O) groups is 1. The van der Waals surface area contributed by atoms with Gasteiger partial charge in [0.1, 0.15) is 11.5 Å². The Balaban J connectivity index is 1.69. The maximum absolute atomic E-state index is 12.4. The summed E-state index contributed by atoms with van der Waals surface area (Å²) in [5, 5.41) is 3.67. The number of amides is 1. The summed E-state index contributed by atoms with van der Waals surface area (Å²) < 4.78 is 11.6. The second-order valence-electron chi connectivity index (χ2n) is 5.43. The fourth-order valence-corrected chi connectivity index (χ4v) is 3.32. The number of nitrogens with one attached hydrogen (secondary N) is 1. The van der Waals surface area contributed by atoms with Crippen LogP contribution in [0.3, 0.4) is 0 Å². The molecule has 1 heterocycles. The number of aromatic nitrogens is 1. The predicted molar refractivity (Wildman–Crippen MR) is 101 cm³/mol. The standard InChI is InChI=1S/C18H19N3O3S/c1-21(18-20-14-6-4-5-7-16(14)25-18)11-17(22)19-13-9-8-12(23-2)10-15(13)24-3/h4-10H,11H2,1-3H3,(H,19,22). The highest BCUT2D eigenvalue weighted by Crippen LogP contribution is 2.30. The van der Waals surface area contributed by atoms with Gasteiger partial charge >= 0.3 is 0 Å². The molecule has 0 aliphatic carbocycles. The number of fused-ring (bicyclic) bond motifs is 1. The van der Waals surface area contributed by atoms with Crippen molar-refractivity contribution in [3.8, 4) is 11.5 Å². The lowest BCUT2D eigenvalue weighted by Crippen LogP contribution is -2.30. The molecule has 0 bridgehead atoms. The van der Waals surface area contributed by atoms with E-state index in [1.165, 1.54) is 0 Å². The van der Waals surface area contributed by atoms with E-state index in [0.29, 0.717) is 17.2 Å². The fraction of sp³-hybridized carbons (Fsp3) is 0.222. The maximum atomic E-state index is 12.4. The molecule has 3 rings (SSSR count). The van der Waals surface area contributed by atoms with Crippen LogP contribution in [0.2, 0.25) is 0 Å². The maximum Gasteiger partial charge on any atom is 0.244 e. The minimum Gasteiger partial charge on any atom is -0.497 e. The highest BCUT2D eigenvalue weighted by atomic mass is 32.1. The number of anilines is 2. The van der Waals surface area contributed by atoms with Gasteiger partial charge in [-0.2, -0.15) is 0 Å². The van der Waals surface area contributed by atoms with E-state index >= 15 is 0 Å². The van der Waals surface area contributed by atoms with Gasteiger partial charge < -0.3 is 19.7 Å². The molecule has 3 aromatic rings. The summed E-state index contributed by atoms with van der Waals surface area (Å²) >= 11 is 1.56. The lowest BCUT2D eigenvalue weighted by atomic mass is 10.2. The number of methoxy groups -OCH3 is 2. The molecule has 0 spiro atoms. The van der Waals surface area contributed by atoms with E-state index in [2.05, 4.69) is 10.3 Å². The summed E-state index contributed by atoms with van der Waals surface area (Å²) in [5.41, 5.74) is 1.54. The third-order valence-corrected chi connectivity index (χ3v) is 4.82. The SMILES string of the molecule is COc1ccc(NC(=O)CN(C)c2nc3ccccc3s2)c(OC)c1. The van der Waals surface area contributed by atoms with Crippen molar-refractivity contribution in [2.24, 2.45) is 0 Å². The molecule has 0 saturated carbocycles. The Morgan fingerprint density at radius 1 is 1.20 bits per heavy atom. The molecule has 0 saturated heterocycles. The van der Waals surface area contributed by atoms with Gasteiger partial charge in [-0.15, -0.1) is 0 Å². The Hall–Kier alpha value is -2.80. The van der Waals surface area contributed by atoms with Gasteiger partial charge in [-0.25, -0.2) is 4.98 Å². The van der Waals surface area contributed by atoms with Crippen molar-refractivity contribution in [1.29, 1.82) is 0 Å². The van der Waals surface area contributed by atoms with Crippen molar-refractivity contribution in [3.63, 3.8) is 0 Å². The Labute approximate surface area is 150 Å². The number of likely N-dealkylation sites (N-methyl/N-ethyl adjacent to an activating group) is 1. The van der Waals surface area contributed by atoms with E-state index in [9.17, 15) is 4.79 Å². The van der Waals surface area contributed by atoms with E-state index in [1.54, 1.807) is 43.8 Å². The lowest BCUT2D eigenvalue weighted by molar-refractivity contribution is -0.114. The Morgan fingerprint density at radius 3 is 2.72 bits per heavy atom. The molecule has 25 heavy (non-hydrogen) atoms. The van der Waals surface area contributed by atoms with E-state index in [-0.39, 0.29) is 12.5 Å². The zero-order valence-electron chi connectivity index (χ0n) is 14.3. The summed E-state index contributed by atoms with van der Waals surface area (Å²) in [5.74, 6) is 1.07. The molecular weight excluding hydrogens is 338 g/mol. The number of rotatable bonds is 6. The molecule has 0 fully saturated rings. The first-order valence-electron chi connectivity index (χ1n) is 7.69. The summed E-state index contributed by atoms with van der Waals surface area (Å²) in [6.45, 7) is 0.189. The second-order valence-corrected chi connectivity index (χ2v) is 6.44. The van der Waals surface area contributed by atoms with Crippen LogP contribution in [0.5, 0.6) is 11.5 Å². The first-order valence-corrected chi connectivity index (χ1v) is 8.51. The number of hydrogen-bond donors (Lipinski definition) is 1. The van der Waals surface area contributed by atoms with Gasteiger partial charge in [-0.3, -0.25) is 4.79 Å². The van der Waals surface area contributed by atoms with Crippen molar-refractivity contribution < 1.29 is 14.3 Å². The van der Waals surface area contributed by atoms with E-state index < -0.39 is 0 Å². The second kappa shape index (κ2) is 7.40. The van der Waals surface area contributed by atoms with Crippen molar-refractivity contribution in [1.82, 2.24) is 4.98 Å². The van der Waals surface area contributed by atoms with Crippen molar-refractivity contribution >= 4 is 38.3 Å². The smallest absolute Gasteiger partial charge is 0.244 e. The zero-order chi connectivity index (χ0) is 17.8. The molecular formula is C18H19N3O3S. The molecule has 130 valence electrons. The van der Waals surface area contributed by atoms with Gasteiger partial charge in [0.2, 0.25) is 5.91 Å². The lowest BCUT2D eigenvalue weighted by Gasteiger charge is -2.16. The summed E-state index contributed by atoms with van der Waals surface area (Å²) in [4.78, 5) is 18.8. The molecule has 1 N–H and O–H groups in total. The van der Waals surface area contributed by atoms with Crippen molar-refractivity contribution in [3.05, 3.63) is 42.5 Å². The molecule has 0 aliphatic heterocycles. The topological polar surface area (TPSA) is 63.7 Å². The van der Waals surface area contributed by atoms with Gasteiger partial charge in [0, 0.05) is 13.1 Å². The molecule has 7 heteroatoms. The van der Waals surface area contributed by atoms with Crippen LogP contribution < -0.4 is 19.7 Å². The van der Waals surface area contributed by atoms with Crippen LogP contribution >= 0.6 is 11.3 Å². The van der Waals surface area contributed by atoms with E-state index in [4.69, 9.17) is 9.47 Å². The average molecular weight is 357 g/mol. The van der Waals surface area contributed by atoms with Crippen LogP contribution in [0.25, 0.3) is 10.2 Å². The minimum absolute atomic E-state index is 0.148. The Kier molecular flexibility index (Phi) is 5.04.